The van der Waals surface area contributed by atoms with Gasteiger partial charge in [-0.25, -0.2) is 0 Å². The van der Waals surface area contributed by atoms with Crippen LogP contribution in [0.15, 0.2) is 46.2 Å². The van der Waals surface area contributed by atoms with Crippen molar-refractivity contribution in [3.05, 3.63) is 58.7 Å². The molecule has 3 rings (SSSR count). The Morgan fingerprint density at radius 1 is 1.00 bits per heavy atom. The maximum Gasteiger partial charge on any atom is 0.0205 e. The van der Waals surface area contributed by atoms with E-state index in [1.54, 1.807) is 11.1 Å². The molecule has 0 aliphatic heterocycles. The van der Waals surface area contributed by atoms with Gasteiger partial charge in [-0.1, -0.05) is 23.9 Å². The summed E-state index contributed by atoms with van der Waals surface area (Å²) in [5.41, 5.74) is 5.85. The lowest BCUT2D eigenvalue weighted by atomic mass is 10.1. The Hall–Kier alpha value is -1.25. The van der Waals surface area contributed by atoms with E-state index in [4.69, 9.17) is 0 Å². The van der Waals surface area contributed by atoms with E-state index >= 15 is 0 Å². The van der Waals surface area contributed by atoms with Gasteiger partial charge in [0.1, 0.15) is 0 Å². The lowest BCUT2D eigenvalue weighted by molar-refractivity contribution is 0.811. The average molecular weight is 283 g/mol. The zero-order valence-electron chi connectivity index (χ0n) is 12.2. The van der Waals surface area contributed by atoms with Crippen molar-refractivity contribution in [1.82, 2.24) is 5.32 Å². The van der Waals surface area contributed by atoms with Crippen molar-refractivity contribution in [1.29, 1.82) is 0 Å². The molecular weight excluding hydrogens is 262 g/mol. The van der Waals surface area contributed by atoms with E-state index in [1.165, 1.54) is 40.2 Å². The highest BCUT2D eigenvalue weighted by atomic mass is 32.2. The van der Waals surface area contributed by atoms with Crippen LogP contribution in [0.3, 0.4) is 0 Å². The Kier molecular flexibility index (Phi) is 4.13. The topological polar surface area (TPSA) is 12.0 Å². The van der Waals surface area contributed by atoms with Gasteiger partial charge in [0.25, 0.3) is 0 Å². The van der Waals surface area contributed by atoms with Gasteiger partial charge in [-0.05, 0) is 79.8 Å². The summed E-state index contributed by atoms with van der Waals surface area (Å²) >= 11 is 1.87. The van der Waals surface area contributed by atoms with Gasteiger partial charge in [0.15, 0.2) is 0 Å². The first-order valence-corrected chi connectivity index (χ1v) is 8.12. The number of aryl methyl sites for hydroxylation is 3. The van der Waals surface area contributed by atoms with Gasteiger partial charge in [0.05, 0.1) is 0 Å². The fourth-order valence-corrected chi connectivity index (χ4v) is 3.85. The van der Waals surface area contributed by atoms with Crippen molar-refractivity contribution in [2.24, 2.45) is 0 Å². The monoisotopic (exact) mass is 283 g/mol. The molecule has 0 radical (unpaired) electrons. The van der Waals surface area contributed by atoms with Gasteiger partial charge in [0.2, 0.25) is 0 Å². The summed E-state index contributed by atoms with van der Waals surface area (Å²) in [5, 5.41) is 3.22. The second-order valence-electron chi connectivity index (χ2n) is 5.50. The van der Waals surface area contributed by atoms with Crippen LogP contribution in [0, 0.1) is 6.92 Å². The smallest absolute Gasteiger partial charge is 0.0205 e. The summed E-state index contributed by atoms with van der Waals surface area (Å²) in [6.07, 6.45) is 3.84. The van der Waals surface area contributed by atoms with Gasteiger partial charge in [-0.3, -0.25) is 0 Å². The first-order valence-electron chi connectivity index (χ1n) is 7.30. The van der Waals surface area contributed by atoms with Gasteiger partial charge in [0, 0.05) is 16.3 Å². The Balaban J connectivity index is 1.79. The number of hydrogen-bond acceptors (Lipinski definition) is 2. The van der Waals surface area contributed by atoms with Crippen LogP contribution in [0.4, 0.5) is 0 Å². The zero-order valence-corrected chi connectivity index (χ0v) is 13.0. The van der Waals surface area contributed by atoms with E-state index in [2.05, 4.69) is 48.6 Å². The average Bonchev–Trinajstić information content (AvgIpc) is 2.89. The largest absolute Gasteiger partial charge is 0.316 e. The summed E-state index contributed by atoms with van der Waals surface area (Å²) in [5.74, 6) is 0. The first-order chi connectivity index (χ1) is 9.76. The Bertz CT molecular complexity index is 619. The van der Waals surface area contributed by atoms with E-state index in [0.717, 1.165) is 6.54 Å². The second kappa shape index (κ2) is 6.02. The minimum atomic E-state index is 0.940. The Morgan fingerprint density at radius 3 is 2.55 bits per heavy atom. The molecular formula is C18H21NS. The molecule has 20 heavy (non-hydrogen) atoms. The molecule has 1 N–H and O–H groups in total. The fraction of sp³-hybridized carbons (Fsp3) is 0.333. The van der Waals surface area contributed by atoms with Crippen LogP contribution < -0.4 is 5.32 Å². The molecule has 0 aromatic heterocycles. The van der Waals surface area contributed by atoms with E-state index in [1.807, 2.05) is 18.8 Å². The van der Waals surface area contributed by atoms with Crippen molar-refractivity contribution in [3.8, 4) is 0 Å². The molecule has 2 aromatic rings. The molecule has 0 spiro atoms. The van der Waals surface area contributed by atoms with Crippen molar-refractivity contribution in [2.45, 2.75) is 42.5 Å². The van der Waals surface area contributed by atoms with Gasteiger partial charge >= 0.3 is 0 Å². The predicted octanol–water partition coefficient (Wildman–Crippen LogP) is 4.35. The molecule has 0 unspecified atom stereocenters. The molecule has 0 heterocycles. The molecule has 1 aliphatic rings. The molecule has 2 heteroatoms. The van der Waals surface area contributed by atoms with Crippen molar-refractivity contribution in [2.75, 3.05) is 7.05 Å². The third-order valence-corrected chi connectivity index (χ3v) is 4.97. The molecule has 1 aliphatic carbocycles. The van der Waals surface area contributed by atoms with E-state index in [9.17, 15) is 0 Å². The van der Waals surface area contributed by atoms with Crippen molar-refractivity contribution in [3.63, 3.8) is 0 Å². The molecule has 0 atom stereocenters. The highest BCUT2D eigenvalue weighted by molar-refractivity contribution is 7.99. The fourth-order valence-electron chi connectivity index (χ4n) is 2.87. The van der Waals surface area contributed by atoms with E-state index in [0.29, 0.717) is 0 Å². The van der Waals surface area contributed by atoms with Crippen LogP contribution in [0.5, 0.6) is 0 Å². The molecule has 0 amide bonds. The van der Waals surface area contributed by atoms with E-state index < -0.39 is 0 Å². The normalized spacial score (nSPS) is 13.5. The maximum atomic E-state index is 3.22. The van der Waals surface area contributed by atoms with Gasteiger partial charge < -0.3 is 5.32 Å². The van der Waals surface area contributed by atoms with Crippen LogP contribution in [0.1, 0.15) is 28.7 Å². The SMILES string of the molecule is CNCc1ccc(Sc2ccc3c(c2)CCC3)cc1C. The number of fused-ring (bicyclic) bond motifs is 1. The summed E-state index contributed by atoms with van der Waals surface area (Å²) in [4.78, 5) is 2.70. The van der Waals surface area contributed by atoms with Crippen LogP contribution in [-0.4, -0.2) is 7.05 Å². The maximum absolute atomic E-state index is 3.22. The molecule has 1 nitrogen and oxygen atoms in total. The number of hydrogen-bond donors (Lipinski definition) is 1. The van der Waals surface area contributed by atoms with Crippen LogP contribution >= 0.6 is 11.8 Å². The molecule has 0 fully saturated rings. The molecule has 0 saturated carbocycles. The van der Waals surface area contributed by atoms with E-state index in [-0.39, 0.29) is 0 Å². The predicted molar refractivity (Wildman–Crippen MR) is 86.5 cm³/mol. The highest BCUT2D eigenvalue weighted by Crippen LogP contribution is 2.32. The lowest BCUT2D eigenvalue weighted by Gasteiger charge is -2.09. The Morgan fingerprint density at radius 2 is 1.75 bits per heavy atom. The number of benzene rings is 2. The quantitative estimate of drug-likeness (QED) is 0.895. The van der Waals surface area contributed by atoms with Crippen molar-refractivity contribution >= 4 is 11.8 Å². The minimum Gasteiger partial charge on any atom is -0.316 e. The third kappa shape index (κ3) is 2.92. The van der Waals surface area contributed by atoms with Crippen LogP contribution in [0.25, 0.3) is 0 Å². The molecule has 2 aromatic carbocycles. The summed E-state index contributed by atoms with van der Waals surface area (Å²) in [6, 6.07) is 13.7. The lowest BCUT2D eigenvalue weighted by Crippen LogP contribution is -2.06. The van der Waals surface area contributed by atoms with Crippen LogP contribution in [-0.2, 0) is 19.4 Å². The first kappa shape index (κ1) is 13.7. The molecule has 104 valence electrons. The number of nitrogens with one attached hydrogen (secondary N) is 1. The standard InChI is InChI=1S/C18H21NS/c1-13-10-17(9-7-16(13)12-19-2)20-18-8-6-14-4-3-5-15(14)11-18/h6-11,19H,3-5,12H2,1-2H3. The third-order valence-electron chi connectivity index (χ3n) is 3.99. The minimum absolute atomic E-state index is 0.940. The highest BCUT2D eigenvalue weighted by Gasteiger charge is 2.11. The Labute approximate surface area is 125 Å². The molecule has 0 bridgehead atoms. The van der Waals surface area contributed by atoms with Crippen LogP contribution in [0.2, 0.25) is 0 Å². The number of rotatable bonds is 4. The second-order valence-corrected chi connectivity index (χ2v) is 6.65. The molecule has 0 saturated heterocycles. The zero-order chi connectivity index (χ0) is 13.9. The summed E-state index contributed by atoms with van der Waals surface area (Å²) < 4.78 is 0. The summed E-state index contributed by atoms with van der Waals surface area (Å²) in [6.45, 7) is 3.13. The van der Waals surface area contributed by atoms with Gasteiger partial charge in [-0.2, -0.15) is 0 Å². The van der Waals surface area contributed by atoms with Gasteiger partial charge in [-0.15, -0.1) is 0 Å². The summed E-state index contributed by atoms with van der Waals surface area (Å²) in [7, 11) is 1.99. The van der Waals surface area contributed by atoms with Crippen molar-refractivity contribution < 1.29 is 0 Å².